The van der Waals surface area contributed by atoms with Crippen molar-refractivity contribution in [2.45, 2.75) is 52.2 Å². The molecule has 6 nitrogen and oxygen atoms in total. The number of carbonyl (C=O) groups is 1. The molecular formula is C15H24N4O2. The number of likely N-dealkylation sites (tertiary alicyclic amines) is 1. The van der Waals surface area contributed by atoms with Gasteiger partial charge in [0.25, 0.3) is 0 Å². The summed E-state index contributed by atoms with van der Waals surface area (Å²) in [6, 6.07) is 0.408. The molecule has 0 bridgehead atoms. The molecule has 1 aliphatic rings. The van der Waals surface area contributed by atoms with E-state index < -0.39 is 0 Å². The summed E-state index contributed by atoms with van der Waals surface area (Å²) >= 11 is 0. The van der Waals surface area contributed by atoms with Gasteiger partial charge < -0.3 is 15.0 Å². The summed E-state index contributed by atoms with van der Waals surface area (Å²) < 4.78 is 5.76. The van der Waals surface area contributed by atoms with Crippen LogP contribution in [0.2, 0.25) is 0 Å². The highest BCUT2D eigenvalue weighted by Gasteiger charge is 2.26. The van der Waals surface area contributed by atoms with Crippen molar-refractivity contribution in [3.8, 4) is 6.01 Å². The highest BCUT2D eigenvalue weighted by Crippen LogP contribution is 2.16. The number of urea groups is 1. The molecule has 0 atom stereocenters. The molecule has 2 rings (SSSR count). The standard InChI is InChI=1S/C15H24N4O2/c1-11-9-16-13(17-10-11)21-12-5-7-19(8-6-12)14(20)18-15(2,3)4/h9-10,12H,5-8H2,1-4H3,(H,18,20). The topological polar surface area (TPSA) is 67.3 Å². The van der Waals surface area contributed by atoms with Gasteiger partial charge in [0.05, 0.1) is 0 Å². The second kappa shape index (κ2) is 6.28. The lowest BCUT2D eigenvalue weighted by Crippen LogP contribution is -2.51. The normalized spacial score (nSPS) is 16.7. The van der Waals surface area contributed by atoms with E-state index in [1.54, 1.807) is 12.4 Å². The summed E-state index contributed by atoms with van der Waals surface area (Å²) in [5.41, 5.74) is 0.802. The third kappa shape index (κ3) is 4.88. The molecule has 1 fully saturated rings. The number of nitrogens with one attached hydrogen (secondary N) is 1. The Morgan fingerprint density at radius 2 is 1.86 bits per heavy atom. The fraction of sp³-hybridized carbons (Fsp3) is 0.667. The molecule has 1 saturated heterocycles. The number of ether oxygens (including phenoxy) is 1. The molecule has 1 aliphatic heterocycles. The Kier molecular flexibility index (Phi) is 4.65. The maximum atomic E-state index is 12.1. The van der Waals surface area contributed by atoms with Crippen LogP contribution in [0.15, 0.2) is 12.4 Å². The Labute approximate surface area is 125 Å². The predicted octanol–water partition coefficient (Wildman–Crippen LogP) is 2.14. The zero-order valence-corrected chi connectivity index (χ0v) is 13.2. The lowest BCUT2D eigenvalue weighted by Gasteiger charge is -2.33. The quantitative estimate of drug-likeness (QED) is 0.907. The van der Waals surface area contributed by atoms with Crippen LogP contribution in [-0.4, -0.2) is 45.6 Å². The molecule has 0 aliphatic carbocycles. The van der Waals surface area contributed by atoms with Crippen molar-refractivity contribution in [1.82, 2.24) is 20.2 Å². The highest BCUT2D eigenvalue weighted by molar-refractivity contribution is 5.75. The summed E-state index contributed by atoms with van der Waals surface area (Å²) in [4.78, 5) is 22.2. The molecule has 116 valence electrons. The number of aromatic nitrogens is 2. The summed E-state index contributed by atoms with van der Waals surface area (Å²) in [6.45, 7) is 9.27. The predicted molar refractivity (Wildman–Crippen MR) is 80.3 cm³/mol. The van der Waals surface area contributed by atoms with Crippen LogP contribution in [0, 0.1) is 6.92 Å². The summed E-state index contributed by atoms with van der Waals surface area (Å²) in [5, 5.41) is 2.98. The van der Waals surface area contributed by atoms with Crippen molar-refractivity contribution in [3.05, 3.63) is 18.0 Å². The fourth-order valence-electron chi connectivity index (χ4n) is 2.17. The Hall–Kier alpha value is -1.85. The third-order valence-corrected chi connectivity index (χ3v) is 3.24. The maximum Gasteiger partial charge on any atom is 0.317 e. The third-order valence-electron chi connectivity index (χ3n) is 3.24. The minimum Gasteiger partial charge on any atom is -0.460 e. The number of amides is 2. The van der Waals surface area contributed by atoms with Crippen LogP contribution < -0.4 is 10.1 Å². The monoisotopic (exact) mass is 292 g/mol. The van der Waals surface area contributed by atoms with E-state index in [4.69, 9.17) is 4.74 Å². The van der Waals surface area contributed by atoms with E-state index in [0.29, 0.717) is 19.1 Å². The molecule has 6 heteroatoms. The summed E-state index contributed by atoms with van der Waals surface area (Å²) in [6.07, 6.45) is 5.16. The van der Waals surface area contributed by atoms with E-state index in [1.807, 2.05) is 32.6 Å². The van der Waals surface area contributed by atoms with E-state index in [9.17, 15) is 4.79 Å². The molecule has 0 saturated carbocycles. The van der Waals surface area contributed by atoms with Crippen molar-refractivity contribution < 1.29 is 9.53 Å². The van der Waals surface area contributed by atoms with E-state index >= 15 is 0 Å². The van der Waals surface area contributed by atoms with Crippen molar-refractivity contribution in [1.29, 1.82) is 0 Å². The number of piperidine rings is 1. The molecule has 2 heterocycles. The van der Waals surface area contributed by atoms with Gasteiger partial charge in [0.2, 0.25) is 0 Å². The van der Waals surface area contributed by atoms with Gasteiger partial charge in [0, 0.05) is 43.9 Å². The first kappa shape index (κ1) is 15.5. The van der Waals surface area contributed by atoms with Crippen molar-refractivity contribution in [3.63, 3.8) is 0 Å². The summed E-state index contributed by atoms with van der Waals surface area (Å²) in [7, 11) is 0. The Balaban J connectivity index is 1.80. The van der Waals surface area contributed by atoms with Gasteiger partial charge in [0.1, 0.15) is 6.10 Å². The van der Waals surface area contributed by atoms with E-state index in [1.165, 1.54) is 0 Å². The first-order valence-electron chi connectivity index (χ1n) is 7.36. The molecule has 1 N–H and O–H groups in total. The molecule has 0 radical (unpaired) electrons. The van der Waals surface area contributed by atoms with Gasteiger partial charge in [-0.2, -0.15) is 0 Å². The largest absolute Gasteiger partial charge is 0.460 e. The second-order valence-corrected chi connectivity index (χ2v) is 6.53. The molecule has 0 aromatic carbocycles. The van der Waals surface area contributed by atoms with Crippen LogP contribution in [0.3, 0.4) is 0 Å². The maximum absolute atomic E-state index is 12.1. The number of hydrogen-bond donors (Lipinski definition) is 1. The van der Waals surface area contributed by atoms with Crippen LogP contribution in [0.1, 0.15) is 39.2 Å². The van der Waals surface area contributed by atoms with Gasteiger partial charge in [-0.25, -0.2) is 14.8 Å². The SMILES string of the molecule is Cc1cnc(OC2CCN(C(=O)NC(C)(C)C)CC2)nc1. The first-order chi connectivity index (χ1) is 9.83. The lowest BCUT2D eigenvalue weighted by atomic mass is 10.1. The van der Waals surface area contributed by atoms with E-state index in [-0.39, 0.29) is 17.7 Å². The van der Waals surface area contributed by atoms with Gasteiger partial charge in [-0.1, -0.05) is 0 Å². The zero-order chi connectivity index (χ0) is 15.5. The van der Waals surface area contributed by atoms with Gasteiger partial charge in [-0.05, 0) is 33.3 Å². The van der Waals surface area contributed by atoms with E-state index in [2.05, 4.69) is 15.3 Å². The first-order valence-corrected chi connectivity index (χ1v) is 7.36. The van der Waals surface area contributed by atoms with Gasteiger partial charge in [-0.3, -0.25) is 0 Å². The zero-order valence-electron chi connectivity index (χ0n) is 13.2. The Morgan fingerprint density at radius 1 is 1.29 bits per heavy atom. The minimum atomic E-state index is -0.208. The Bertz CT molecular complexity index is 473. The van der Waals surface area contributed by atoms with Crippen molar-refractivity contribution in [2.75, 3.05) is 13.1 Å². The number of rotatable bonds is 2. The van der Waals surface area contributed by atoms with Crippen molar-refractivity contribution in [2.24, 2.45) is 0 Å². The highest BCUT2D eigenvalue weighted by atomic mass is 16.5. The number of aryl methyl sites for hydroxylation is 1. The number of hydrogen-bond acceptors (Lipinski definition) is 4. The molecule has 21 heavy (non-hydrogen) atoms. The Morgan fingerprint density at radius 3 is 2.38 bits per heavy atom. The molecular weight excluding hydrogens is 268 g/mol. The fourth-order valence-corrected chi connectivity index (χ4v) is 2.17. The van der Waals surface area contributed by atoms with Crippen molar-refractivity contribution >= 4 is 6.03 Å². The van der Waals surface area contributed by atoms with Gasteiger partial charge in [-0.15, -0.1) is 0 Å². The molecule has 0 spiro atoms. The van der Waals surface area contributed by atoms with Crippen LogP contribution >= 0.6 is 0 Å². The molecule has 0 unspecified atom stereocenters. The molecule has 1 aromatic rings. The smallest absolute Gasteiger partial charge is 0.317 e. The minimum absolute atomic E-state index is 0.00691. The van der Waals surface area contributed by atoms with Gasteiger partial charge in [0.15, 0.2) is 0 Å². The molecule has 2 amide bonds. The van der Waals surface area contributed by atoms with Crippen LogP contribution in [0.25, 0.3) is 0 Å². The van der Waals surface area contributed by atoms with Crippen LogP contribution in [-0.2, 0) is 0 Å². The summed E-state index contributed by atoms with van der Waals surface area (Å²) in [5.74, 6) is 0. The average molecular weight is 292 g/mol. The van der Waals surface area contributed by atoms with Crippen LogP contribution in [0.4, 0.5) is 4.79 Å². The average Bonchev–Trinajstić information content (AvgIpc) is 2.40. The lowest BCUT2D eigenvalue weighted by molar-refractivity contribution is 0.101. The van der Waals surface area contributed by atoms with Gasteiger partial charge >= 0.3 is 12.0 Å². The van der Waals surface area contributed by atoms with Crippen LogP contribution in [0.5, 0.6) is 6.01 Å². The number of carbonyl (C=O) groups excluding carboxylic acids is 1. The van der Waals surface area contributed by atoms with E-state index in [0.717, 1.165) is 18.4 Å². The number of nitrogens with zero attached hydrogens (tertiary/aromatic N) is 3. The molecule has 1 aromatic heterocycles. The second-order valence-electron chi connectivity index (χ2n) is 6.53.